The molecule has 0 fully saturated rings. The first kappa shape index (κ1) is 14.3. The molecule has 4 aromatic rings. The maximum Gasteiger partial charge on any atom is 0.198 e. The molecule has 0 spiro atoms. The van der Waals surface area contributed by atoms with Crippen LogP contribution < -0.4 is 0 Å². The molecule has 0 unspecified atom stereocenters. The van der Waals surface area contributed by atoms with E-state index in [2.05, 4.69) is 15.0 Å². The predicted molar refractivity (Wildman–Crippen MR) is 93.9 cm³/mol. The third-order valence-corrected chi connectivity index (χ3v) is 3.91. The van der Waals surface area contributed by atoms with Crippen LogP contribution in [0, 0.1) is 6.92 Å². The van der Waals surface area contributed by atoms with Gasteiger partial charge in [-0.3, -0.25) is 4.99 Å². The first-order chi connectivity index (χ1) is 11.7. The Labute approximate surface area is 138 Å². The Balaban J connectivity index is 1.77. The van der Waals surface area contributed by atoms with Gasteiger partial charge in [0.25, 0.3) is 0 Å². The van der Waals surface area contributed by atoms with E-state index in [1.54, 1.807) is 12.4 Å². The van der Waals surface area contributed by atoms with Crippen molar-refractivity contribution in [2.45, 2.75) is 6.92 Å². The molecule has 0 aliphatic heterocycles. The van der Waals surface area contributed by atoms with E-state index < -0.39 is 0 Å². The van der Waals surface area contributed by atoms with Gasteiger partial charge in [0.2, 0.25) is 0 Å². The van der Waals surface area contributed by atoms with Crippen molar-refractivity contribution in [1.29, 1.82) is 0 Å². The van der Waals surface area contributed by atoms with Crippen molar-refractivity contribution in [1.82, 2.24) is 9.97 Å². The molecule has 2 aromatic heterocycles. The molecule has 0 radical (unpaired) electrons. The minimum atomic E-state index is 0.0931. The van der Waals surface area contributed by atoms with Crippen LogP contribution in [0.25, 0.3) is 22.2 Å². The summed E-state index contributed by atoms with van der Waals surface area (Å²) in [6.45, 7) is 2.03. The Morgan fingerprint density at radius 2 is 2.00 bits per heavy atom. The summed E-state index contributed by atoms with van der Waals surface area (Å²) in [7, 11) is 0. The number of rotatable bonds is 3. The number of aryl methyl sites for hydroxylation is 1. The molecule has 0 bridgehead atoms. The van der Waals surface area contributed by atoms with E-state index in [0.29, 0.717) is 11.3 Å². The van der Waals surface area contributed by atoms with Crippen LogP contribution in [0.2, 0.25) is 0 Å². The van der Waals surface area contributed by atoms with Crippen LogP contribution >= 0.6 is 0 Å². The third-order valence-electron chi connectivity index (χ3n) is 3.91. The van der Waals surface area contributed by atoms with Gasteiger partial charge in [0.1, 0.15) is 0 Å². The van der Waals surface area contributed by atoms with Gasteiger partial charge in [-0.2, -0.15) is 0 Å². The molecule has 4 rings (SSSR count). The quantitative estimate of drug-likeness (QED) is 0.543. The summed E-state index contributed by atoms with van der Waals surface area (Å²) < 4.78 is 5.34. The highest BCUT2D eigenvalue weighted by Gasteiger charge is 2.11. The van der Waals surface area contributed by atoms with E-state index in [-0.39, 0.29) is 5.88 Å². The zero-order valence-electron chi connectivity index (χ0n) is 13.0. The van der Waals surface area contributed by atoms with Gasteiger partial charge in [0.15, 0.2) is 18.0 Å². The number of benzene rings is 2. The highest BCUT2D eigenvalue weighted by Crippen LogP contribution is 2.30. The number of nitrogens with one attached hydrogen (secondary N) is 1. The SMILES string of the molecule is Cc1ccc(N=Cc2c(O)[nH]c3ccc(-c4cnco4)cc23)cc1. The van der Waals surface area contributed by atoms with Crippen LogP contribution in [0.4, 0.5) is 5.69 Å². The highest BCUT2D eigenvalue weighted by atomic mass is 16.3. The lowest BCUT2D eigenvalue weighted by atomic mass is 10.1. The maximum absolute atomic E-state index is 10.2. The average molecular weight is 317 g/mol. The fourth-order valence-corrected chi connectivity index (χ4v) is 2.61. The molecule has 5 nitrogen and oxygen atoms in total. The monoisotopic (exact) mass is 317 g/mol. The Hall–Kier alpha value is -3.34. The first-order valence-corrected chi connectivity index (χ1v) is 7.55. The molecule has 2 heterocycles. The maximum atomic E-state index is 10.2. The standard InChI is InChI=1S/C19H15N3O2/c1-12-2-5-14(6-3-12)21-9-16-15-8-13(18-10-20-11-24-18)4-7-17(15)22-19(16)23/h2-11,22-23H,1H3. The largest absolute Gasteiger partial charge is 0.494 e. The second-order valence-corrected chi connectivity index (χ2v) is 5.61. The number of hydrogen-bond acceptors (Lipinski definition) is 4. The van der Waals surface area contributed by atoms with Crippen molar-refractivity contribution in [3.63, 3.8) is 0 Å². The van der Waals surface area contributed by atoms with Crippen LogP contribution in [0.1, 0.15) is 11.1 Å². The molecule has 0 saturated heterocycles. The summed E-state index contributed by atoms with van der Waals surface area (Å²) >= 11 is 0. The van der Waals surface area contributed by atoms with Crippen LogP contribution in [0.5, 0.6) is 5.88 Å². The number of oxazole rings is 1. The van der Waals surface area contributed by atoms with E-state index in [1.807, 2.05) is 49.4 Å². The molecule has 5 heteroatoms. The minimum absolute atomic E-state index is 0.0931. The average Bonchev–Trinajstić information content (AvgIpc) is 3.21. The van der Waals surface area contributed by atoms with Gasteiger partial charge in [-0.05, 0) is 37.3 Å². The van der Waals surface area contributed by atoms with Gasteiger partial charge in [0.05, 0.1) is 17.4 Å². The summed E-state index contributed by atoms with van der Waals surface area (Å²) in [6.07, 6.45) is 4.73. The molecule has 0 saturated carbocycles. The topological polar surface area (TPSA) is 74.4 Å². The molecule has 0 amide bonds. The Morgan fingerprint density at radius 3 is 2.75 bits per heavy atom. The van der Waals surface area contributed by atoms with E-state index in [1.165, 1.54) is 12.0 Å². The molecule has 0 atom stereocenters. The summed E-state index contributed by atoms with van der Waals surface area (Å²) in [5.74, 6) is 0.773. The van der Waals surface area contributed by atoms with Crippen molar-refractivity contribution in [3.8, 4) is 17.2 Å². The number of fused-ring (bicyclic) bond motifs is 1. The van der Waals surface area contributed by atoms with E-state index >= 15 is 0 Å². The predicted octanol–water partition coefficient (Wildman–Crippen LogP) is 4.59. The number of hydrogen-bond donors (Lipinski definition) is 2. The van der Waals surface area contributed by atoms with E-state index in [9.17, 15) is 5.11 Å². The zero-order chi connectivity index (χ0) is 16.5. The Morgan fingerprint density at radius 1 is 1.17 bits per heavy atom. The second kappa shape index (κ2) is 5.70. The van der Waals surface area contributed by atoms with Crippen LogP contribution in [0.15, 0.2) is 64.5 Å². The molecular weight excluding hydrogens is 302 g/mol. The summed E-state index contributed by atoms with van der Waals surface area (Å²) in [5, 5.41) is 11.1. The smallest absolute Gasteiger partial charge is 0.198 e. The van der Waals surface area contributed by atoms with Crippen molar-refractivity contribution in [2.24, 2.45) is 4.99 Å². The number of aliphatic imine (C=N–C) groups is 1. The normalized spacial score (nSPS) is 11.5. The molecule has 2 aromatic carbocycles. The Kier molecular flexibility index (Phi) is 3.39. The fraction of sp³-hybridized carbons (Fsp3) is 0.0526. The molecule has 0 aliphatic rings. The number of aromatic nitrogens is 2. The van der Waals surface area contributed by atoms with Gasteiger partial charge in [-0.1, -0.05) is 17.7 Å². The van der Waals surface area contributed by atoms with Crippen LogP contribution in [-0.4, -0.2) is 21.3 Å². The van der Waals surface area contributed by atoms with Gasteiger partial charge in [0, 0.05) is 22.7 Å². The van der Waals surface area contributed by atoms with Gasteiger partial charge in [-0.25, -0.2) is 4.98 Å². The van der Waals surface area contributed by atoms with E-state index in [0.717, 1.165) is 22.2 Å². The number of nitrogens with zero attached hydrogens (tertiary/aromatic N) is 2. The lowest BCUT2D eigenvalue weighted by molar-refractivity contribution is 0.457. The van der Waals surface area contributed by atoms with Gasteiger partial charge < -0.3 is 14.5 Å². The van der Waals surface area contributed by atoms with Crippen LogP contribution in [0.3, 0.4) is 0 Å². The summed E-state index contributed by atoms with van der Waals surface area (Å²) in [6, 6.07) is 13.7. The van der Waals surface area contributed by atoms with Gasteiger partial charge >= 0.3 is 0 Å². The van der Waals surface area contributed by atoms with Crippen molar-refractivity contribution >= 4 is 22.8 Å². The third kappa shape index (κ3) is 2.56. The van der Waals surface area contributed by atoms with E-state index in [4.69, 9.17) is 4.42 Å². The number of aromatic hydroxyl groups is 1. The van der Waals surface area contributed by atoms with Crippen molar-refractivity contribution < 1.29 is 9.52 Å². The molecule has 118 valence electrons. The second-order valence-electron chi connectivity index (χ2n) is 5.61. The fourth-order valence-electron chi connectivity index (χ4n) is 2.61. The zero-order valence-corrected chi connectivity index (χ0v) is 13.0. The van der Waals surface area contributed by atoms with Crippen molar-refractivity contribution in [2.75, 3.05) is 0 Å². The number of H-pyrrole nitrogens is 1. The lowest BCUT2D eigenvalue weighted by Gasteiger charge is -1.98. The minimum Gasteiger partial charge on any atom is -0.494 e. The lowest BCUT2D eigenvalue weighted by Crippen LogP contribution is -1.81. The number of aromatic amines is 1. The van der Waals surface area contributed by atoms with Crippen LogP contribution in [-0.2, 0) is 0 Å². The summed E-state index contributed by atoms with van der Waals surface area (Å²) in [4.78, 5) is 11.4. The molecule has 0 aliphatic carbocycles. The Bertz CT molecular complexity index is 1010. The highest BCUT2D eigenvalue weighted by molar-refractivity contribution is 6.03. The van der Waals surface area contributed by atoms with Gasteiger partial charge in [-0.15, -0.1) is 0 Å². The summed E-state index contributed by atoms with van der Waals surface area (Å²) in [5.41, 5.74) is 4.39. The molecular formula is C19H15N3O2. The van der Waals surface area contributed by atoms with Crippen molar-refractivity contribution in [3.05, 3.63) is 66.2 Å². The molecule has 24 heavy (non-hydrogen) atoms. The molecule has 2 N–H and O–H groups in total. The first-order valence-electron chi connectivity index (χ1n) is 7.55.